The van der Waals surface area contributed by atoms with Gasteiger partial charge in [-0.1, -0.05) is 68.4 Å². The van der Waals surface area contributed by atoms with Crippen LogP contribution in [-0.4, -0.2) is 38.6 Å². The Kier molecular flexibility index (Phi) is 4.98. The van der Waals surface area contributed by atoms with E-state index in [0.29, 0.717) is 26.1 Å². The maximum absolute atomic E-state index is 6.75. The van der Waals surface area contributed by atoms with Gasteiger partial charge in [-0.15, -0.1) is 10.2 Å². The van der Waals surface area contributed by atoms with E-state index in [4.69, 9.17) is 20.2 Å². The smallest absolute Gasteiger partial charge is 0.172 e. The van der Waals surface area contributed by atoms with Crippen molar-refractivity contribution in [2.45, 2.75) is 43.9 Å². The van der Waals surface area contributed by atoms with Crippen LogP contribution in [0.25, 0.3) is 38.9 Å². The van der Waals surface area contributed by atoms with Crippen molar-refractivity contribution in [3.63, 3.8) is 0 Å². The van der Waals surface area contributed by atoms with E-state index in [9.17, 15) is 0 Å². The molecule has 37 heavy (non-hydrogen) atoms. The van der Waals surface area contributed by atoms with Crippen LogP contribution in [0.4, 0.5) is 0 Å². The van der Waals surface area contributed by atoms with E-state index < -0.39 is 11.3 Å². The van der Waals surface area contributed by atoms with E-state index in [-0.39, 0.29) is 5.92 Å². The summed E-state index contributed by atoms with van der Waals surface area (Å²) in [4.78, 5) is 5.16. The average molecular weight is 492 g/mol. The summed E-state index contributed by atoms with van der Waals surface area (Å²) in [6, 6.07) is 23.1. The number of nitrogens with two attached hydrogens (primary N) is 1. The van der Waals surface area contributed by atoms with E-state index in [1.54, 1.807) is 0 Å². The standard InChI is InChI=1S/C30H29N5O2/c1-19(2)27-33-34-28-24-16-23(20-6-4-3-5-7-20)26(32-25(24)12-13-35(27)28)21-8-10-22(11-9-21)29(31)17-30(18-29)36-14-15-37-30/h3-13,16,19H,14-15,17-18,31H2,1-2H3. The zero-order valence-electron chi connectivity index (χ0n) is 21.0. The normalized spacial score (nSPS) is 18.2. The molecule has 5 aromatic rings. The highest BCUT2D eigenvalue weighted by Crippen LogP contribution is 2.51. The molecule has 0 radical (unpaired) electrons. The van der Waals surface area contributed by atoms with Gasteiger partial charge in [0.15, 0.2) is 11.4 Å². The lowest BCUT2D eigenvalue weighted by Crippen LogP contribution is -2.60. The lowest BCUT2D eigenvalue weighted by Gasteiger charge is -2.50. The van der Waals surface area contributed by atoms with Gasteiger partial charge in [-0.25, -0.2) is 4.98 Å². The maximum Gasteiger partial charge on any atom is 0.172 e. The second-order valence-electron chi connectivity index (χ2n) is 10.6. The Balaban J connectivity index is 1.33. The highest BCUT2D eigenvalue weighted by molar-refractivity contribution is 5.98. The molecule has 1 saturated carbocycles. The molecule has 0 amide bonds. The summed E-state index contributed by atoms with van der Waals surface area (Å²) >= 11 is 0. The molecular formula is C30H29N5O2. The zero-order valence-corrected chi connectivity index (χ0v) is 21.0. The lowest BCUT2D eigenvalue weighted by molar-refractivity contribution is -0.239. The van der Waals surface area contributed by atoms with E-state index in [1.807, 2.05) is 12.3 Å². The third-order valence-electron chi connectivity index (χ3n) is 7.71. The molecule has 3 aromatic heterocycles. The van der Waals surface area contributed by atoms with Crippen LogP contribution < -0.4 is 5.73 Å². The minimum Gasteiger partial charge on any atom is -0.347 e. The average Bonchev–Trinajstić information content (AvgIpc) is 3.56. The van der Waals surface area contributed by atoms with Crippen molar-refractivity contribution in [2.24, 2.45) is 5.73 Å². The lowest BCUT2D eigenvalue weighted by atomic mass is 9.68. The van der Waals surface area contributed by atoms with Crippen molar-refractivity contribution in [2.75, 3.05) is 13.2 Å². The highest BCUT2D eigenvalue weighted by atomic mass is 16.7. The summed E-state index contributed by atoms with van der Waals surface area (Å²) in [5, 5.41) is 9.97. The Morgan fingerprint density at radius 3 is 2.32 bits per heavy atom. The number of pyridine rings is 2. The van der Waals surface area contributed by atoms with E-state index >= 15 is 0 Å². The number of hydrogen-bond donors (Lipinski definition) is 1. The van der Waals surface area contributed by atoms with Gasteiger partial charge in [-0.3, -0.25) is 4.40 Å². The topological polar surface area (TPSA) is 87.6 Å². The molecule has 7 heteroatoms. The molecule has 0 atom stereocenters. The third-order valence-corrected chi connectivity index (χ3v) is 7.71. The molecule has 2 aliphatic rings. The SMILES string of the molecule is CC(C)c1nnc2c3cc(-c4ccccc4)c(-c4ccc(C5(N)CC6(C5)OCCO6)cc4)nc3ccn12. The van der Waals surface area contributed by atoms with Gasteiger partial charge in [0.2, 0.25) is 0 Å². The first-order valence-electron chi connectivity index (χ1n) is 12.9. The highest BCUT2D eigenvalue weighted by Gasteiger charge is 2.57. The molecule has 2 fully saturated rings. The number of nitrogens with zero attached hydrogens (tertiary/aromatic N) is 4. The summed E-state index contributed by atoms with van der Waals surface area (Å²) < 4.78 is 13.7. The Hall–Kier alpha value is -3.65. The first-order chi connectivity index (χ1) is 17.9. The van der Waals surface area contributed by atoms with Gasteiger partial charge in [0.05, 0.1) is 30.0 Å². The first-order valence-corrected chi connectivity index (χ1v) is 12.9. The molecule has 7 nitrogen and oxygen atoms in total. The van der Waals surface area contributed by atoms with Gasteiger partial charge in [0.25, 0.3) is 0 Å². The van der Waals surface area contributed by atoms with Crippen molar-refractivity contribution in [3.8, 4) is 22.4 Å². The summed E-state index contributed by atoms with van der Waals surface area (Å²) in [6.45, 7) is 5.54. The fraction of sp³-hybridized carbons (Fsp3) is 0.300. The Morgan fingerprint density at radius 1 is 0.892 bits per heavy atom. The van der Waals surface area contributed by atoms with Crippen LogP contribution in [0, 0.1) is 0 Å². The van der Waals surface area contributed by atoms with Gasteiger partial charge in [-0.2, -0.15) is 0 Å². The van der Waals surface area contributed by atoms with Crippen molar-refractivity contribution in [3.05, 3.63) is 84.3 Å². The monoisotopic (exact) mass is 491 g/mol. The summed E-state index contributed by atoms with van der Waals surface area (Å²) in [7, 11) is 0. The molecule has 2 N–H and O–H groups in total. The molecule has 2 aromatic carbocycles. The molecule has 1 spiro atoms. The summed E-state index contributed by atoms with van der Waals surface area (Å²) in [5.41, 5.74) is 13.3. The minimum atomic E-state index is -0.490. The second kappa shape index (κ2) is 8.18. The number of rotatable bonds is 4. The molecule has 1 aliphatic heterocycles. The van der Waals surface area contributed by atoms with Crippen LogP contribution in [0.1, 0.15) is 44.0 Å². The van der Waals surface area contributed by atoms with E-state index in [1.165, 1.54) is 0 Å². The molecule has 7 rings (SSSR count). The number of fused-ring (bicyclic) bond motifs is 3. The van der Waals surface area contributed by atoms with Crippen molar-refractivity contribution in [1.82, 2.24) is 19.6 Å². The quantitative estimate of drug-likeness (QED) is 0.361. The predicted molar refractivity (Wildman–Crippen MR) is 143 cm³/mol. The van der Waals surface area contributed by atoms with E-state index in [2.05, 4.69) is 89.1 Å². The Bertz CT molecular complexity index is 1610. The third kappa shape index (κ3) is 3.57. The predicted octanol–water partition coefficient (Wildman–Crippen LogP) is 5.43. The maximum atomic E-state index is 6.75. The van der Waals surface area contributed by atoms with Crippen LogP contribution in [0.2, 0.25) is 0 Å². The van der Waals surface area contributed by atoms with Gasteiger partial charge < -0.3 is 15.2 Å². The second-order valence-corrected chi connectivity index (χ2v) is 10.6. The Morgan fingerprint density at radius 2 is 1.62 bits per heavy atom. The number of aromatic nitrogens is 4. The molecule has 4 heterocycles. The molecule has 1 saturated heterocycles. The van der Waals surface area contributed by atoms with Crippen molar-refractivity contribution >= 4 is 16.6 Å². The van der Waals surface area contributed by atoms with Gasteiger partial charge in [0.1, 0.15) is 5.82 Å². The molecule has 0 unspecified atom stereocenters. The van der Waals surface area contributed by atoms with Gasteiger partial charge in [0, 0.05) is 41.5 Å². The molecule has 1 aliphatic carbocycles. The zero-order chi connectivity index (χ0) is 25.2. The fourth-order valence-corrected chi connectivity index (χ4v) is 5.84. The number of hydrogen-bond acceptors (Lipinski definition) is 6. The minimum absolute atomic E-state index is 0.273. The van der Waals surface area contributed by atoms with Crippen molar-refractivity contribution in [1.29, 1.82) is 0 Å². The van der Waals surface area contributed by atoms with Crippen LogP contribution in [0.3, 0.4) is 0 Å². The molecular weight excluding hydrogens is 462 g/mol. The van der Waals surface area contributed by atoms with Gasteiger partial charge in [-0.05, 0) is 23.3 Å². The van der Waals surface area contributed by atoms with Crippen LogP contribution in [0.5, 0.6) is 0 Å². The van der Waals surface area contributed by atoms with E-state index in [0.717, 1.165) is 50.3 Å². The fourth-order valence-electron chi connectivity index (χ4n) is 5.84. The van der Waals surface area contributed by atoms with Crippen molar-refractivity contribution < 1.29 is 9.47 Å². The van der Waals surface area contributed by atoms with Crippen LogP contribution in [0.15, 0.2) is 72.9 Å². The summed E-state index contributed by atoms with van der Waals surface area (Å²) in [6.07, 6.45) is 3.37. The largest absolute Gasteiger partial charge is 0.347 e. The number of benzene rings is 2. The summed E-state index contributed by atoms with van der Waals surface area (Å²) in [5.74, 6) is 0.727. The Labute approximate surface area is 215 Å². The molecule has 0 bridgehead atoms. The first kappa shape index (κ1) is 22.5. The number of ether oxygens (including phenoxy) is 2. The molecule has 186 valence electrons. The van der Waals surface area contributed by atoms with Crippen LogP contribution >= 0.6 is 0 Å². The van der Waals surface area contributed by atoms with Crippen LogP contribution in [-0.2, 0) is 15.0 Å². The van der Waals surface area contributed by atoms with Gasteiger partial charge >= 0.3 is 0 Å².